The van der Waals surface area contributed by atoms with Crippen LogP contribution in [0.2, 0.25) is 0 Å². The molecule has 2 aromatic rings. The number of nitrogens with zero attached hydrogens (tertiary/aromatic N) is 2. The van der Waals surface area contributed by atoms with Crippen molar-refractivity contribution in [1.82, 2.24) is 9.13 Å². The number of ether oxygens (including phenoxy) is 3. The standard InChI is InChI=1S/C21H21F3N2O9/c22-21(23,24)11-34-15(29)7-9-33-17-16(30)13(10-27)35-19(17)25-8-6-14(28)26(20(25)32)18(31)12-4-2-1-3-5-12/h1-6,8,13,16-17,19,27,30H,7,9-11H2/t13-,16?,17?,19-/m1/s1. The van der Waals surface area contributed by atoms with Gasteiger partial charge in [-0.1, -0.05) is 18.2 Å². The van der Waals surface area contributed by atoms with E-state index in [1.807, 2.05) is 0 Å². The lowest BCUT2D eigenvalue weighted by Crippen LogP contribution is -2.46. The number of alkyl halides is 3. The van der Waals surface area contributed by atoms with E-state index < -0.39 is 80.1 Å². The molecule has 2 heterocycles. The van der Waals surface area contributed by atoms with Crippen LogP contribution in [0.1, 0.15) is 23.0 Å². The largest absolute Gasteiger partial charge is 0.456 e. The fourth-order valence-electron chi connectivity index (χ4n) is 3.37. The van der Waals surface area contributed by atoms with Crippen LogP contribution >= 0.6 is 0 Å². The van der Waals surface area contributed by atoms with Gasteiger partial charge in [0.1, 0.15) is 18.3 Å². The Bertz CT molecular complexity index is 1160. The molecule has 0 amide bonds. The van der Waals surface area contributed by atoms with Crippen molar-refractivity contribution in [2.24, 2.45) is 0 Å². The molecule has 0 saturated carbocycles. The van der Waals surface area contributed by atoms with Gasteiger partial charge in [0.2, 0.25) is 0 Å². The van der Waals surface area contributed by atoms with Gasteiger partial charge in [-0.25, -0.2) is 4.79 Å². The Balaban J connectivity index is 1.82. The van der Waals surface area contributed by atoms with E-state index >= 15 is 0 Å². The highest BCUT2D eigenvalue weighted by molar-refractivity contribution is 5.95. The Morgan fingerprint density at radius 2 is 1.80 bits per heavy atom. The van der Waals surface area contributed by atoms with E-state index in [9.17, 15) is 42.6 Å². The van der Waals surface area contributed by atoms with Crippen molar-refractivity contribution in [3.63, 3.8) is 0 Å². The molecule has 0 aliphatic carbocycles. The summed E-state index contributed by atoms with van der Waals surface area (Å²) in [5.41, 5.74) is -2.00. The Labute approximate surface area is 194 Å². The molecule has 4 atom stereocenters. The number of carbonyl (C=O) groups is 2. The summed E-state index contributed by atoms with van der Waals surface area (Å²) in [5, 5.41) is 19.9. The summed E-state index contributed by atoms with van der Waals surface area (Å²) in [5.74, 6) is -2.14. The van der Waals surface area contributed by atoms with Gasteiger partial charge in [0.05, 0.1) is 19.6 Å². The Morgan fingerprint density at radius 1 is 1.11 bits per heavy atom. The third kappa shape index (κ3) is 6.22. The average molecular weight is 502 g/mol. The lowest BCUT2D eigenvalue weighted by molar-refractivity contribution is -0.187. The Morgan fingerprint density at radius 3 is 2.43 bits per heavy atom. The molecule has 2 unspecified atom stereocenters. The maximum absolute atomic E-state index is 13.0. The smallest absolute Gasteiger partial charge is 0.422 e. The molecule has 35 heavy (non-hydrogen) atoms. The third-order valence-electron chi connectivity index (χ3n) is 5.01. The molecule has 1 saturated heterocycles. The monoisotopic (exact) mass is 502 g/mol. The van der Waals surface area contributed by atoms with E-state index in [0.29, 0.717) is 4.57 Å². The van der Waals surface area contributed by atoms with Crippen LogP contribution in [-0.2, 0) is 19.0 Å². The molecule has 14 heteroatoms. The first kappa shape index (κ1) is 26.3. The van der Waals surface area contributed by atoms with Crippen LogP contribution in [0.25, 0.3) is 0 Å². The summed E-state index contributed by atoms with van der Waals surface area (Å²) < 4.78 is 52.5. The second kappa shape index (κ2) is 10.9. The van der Waals surface area contributed by atoms with E-state index in [-0.39, 0.29) is 5.56 Å². The van der Waals surface area contributed by atoms with Crippen molar-refractivity contribution < 1.29 is 47.2 Å². The van der Waals surface area contributed by atoms with Crippen LogP contribution in [0.15, 0.2) is 52.2 Å². The number of aromatic nitrogens is 2. The van der Waals surface area contributed by atoms with E-state index in [2.05, 4.69) is 4.74 Å². The lowest BCUT2D eigenvalue weighted by Gasteiger charge is -2.22. The predicted octanol–water partition coefficient (Wildman–Crippen LogP) is -0.170. The third-order valence-corrected chi connectivity index (χ3v) is 5.01. The van der Waals surface area contributed by atoms with E-state index in [0.717, 1.165) is 16.8 Å². The molecule has 0 bridgehead atoms. The highest BCUT2D eigenvalue weighted by Gasteiger charge is 2.46. The van der Waals surface area contributed by atoms with Gasteiger partial charge in [-0.15, -0.1) is 0 Å². The number of benzene rings is 1. The molecule has 1 fully saturated rings. The molecular formula is C21H21F3N2O9. The normalized spacial score (nSPS) is 22.2. The minimum atomic E-state index is -4.70. The topological polar surface area (TPSA) is 146 Å². The van der Waals surface area contributed by atoms with Crippen LogP contribution in [0.3, 0.4) is 0 Å². The van der Waals surface area contributed by atoms with E-state index in [1.54, 1.807) is 6.07 Å². The van der Waals surface area contributed by atoms with Gasteiger partial charge < -0.3 is 24.4 Å². The second-order valence-electron chi connectivity index (χ2n) is 7.45. The van der Waals surface area contributed by atoms with Gasteiger partial charge >= 0.3 is 17.8 Å². The van der Waals surface area contributed by atoms with Crippen LogP contribution < -0.4 is 11.2 Å². The van der Waals surface area contributed by atoms with Crippen LogP contribution in [0.4, 0.5) is 13.2 Å². The van der Waals surface area contributed by atoms with Gasteiger partial charge in [0.25, 0.3) is 11.5 Å². The number of esters is 1. The molecule has 2 N–H and O–H groups in total. The maximum Gasteiger partial charge on any atom is 0.422 e. The minimum absolute atomic E-state index is 0.0511. The molecule has 0 radical (unpaired) electrons. The van der Waals surface area contributed by atoms with Crippen LogP contribution in [0, 0.1) is 0 Å². The van der Waals surface area contributed by atoms with Gasteiger partial charge in [-0.2, -0.15) is 17.7 Å². The Hall–Kier alpha value is -3.33. The molecular weight excluding hydrogens is 481 g/mol. The number of halogens is 3. The number of aliphatic hydroxyl groups is 2. The molecule has 190 valence electrons. The summed E-state index contributed by atoms with van der Waals surface area (Å²) in [7, 11) is 0. The minimum Gasteiger partial charge on any atom is -0.456 e. The van der Waals surface area contributed by atoms with Crippen molar-refractivity contribution in [3.8, 4) is 0 Å². The van der Waals surface area contributed by atoms with Crippen molar-refractivity contribution in [3.05, 3.63) is 69.0 Å². The second-order valence-corrected chi connectivity index (χ2v) is 7.45. The number of carbonyl (C=O) groups excluding carboxylic acids is 2. The zero-order valence-corrected chi connectivity index (χ0v) is 18.0. The molecule has 3 rings (SSSR count). The number of rotatable bonds is 8. The summed E-state index contributed by atoms with van der Waals surface area (Å²) in [6, 6.07) is 8.40. The summed E-state index contributed by atoms with van der Waals surface area (Å²) >= 11 is 0. The Kier molecular flexibility index (Phi) is 8.22. The predicted molar refractivity (Wildman–Crippen MR) is 110 cm³/mol. The summed E-state index contributed by atoms with van der Waals surface area (Å²) in [6.07, 6.45) is -9.91. The molecule has 1 aliphatic rings. The lowest BCUT2D eigenvalue weighted by atomic mass is 10.1. The van der Waals surface area contributed by atoms with E-state index in [4.69, 9.17) is 9.47 Å². The molecule has 1 aromatic heterocycles. The highest BCUT2D eigenvalue weighted by Crippen LogP contribution is 2.30. The van der Waals surface area contributed by atoms with Gasteiger partial charge in [0.15, 0.2) is 12.8 Å². The SMILES string of the molecule is O=C(CCOC1C(O)[C@@H](CO)O[C@H]1n1ccc(=O)n(C(=O)c2ccccc2)c1=O)OCC(F)(F)F. The first-order chi connectivity index (χ1) is 16.5. The van der Waals surface area contributed by atoms with Crippen molar-refractivity contribution >= 4 is 11.9 Å². The quantitative estimate of drug-likeness (QED) is 0.470. The first-order valence-corrected chi connectivity index (χ1v) is 10.3. The molecule has 1 aromatic carbocycles. The molecule has 1 aliphatic heterocycles. The highest BCUT2D eigenvalue weighted by atomic mass is 19.4. The zero-order chi connectivity index (χ0) is 25.8. The van der Waals surface area contributed by atoms with E-state index in [1.165, 1.54) is 24.3 Å². The van der Waals surface area contributed by atoms with Crippen molar-refractivity contribution in [2.75, 3.05) is 19.8 Å². The first-order valence-electron chi connectivity index (χ1n) is 10.3. The average Bonchev–Trinajstić information content (AvgIpc) is 3.13. The summed E-state index contributed by atoms with van der Waals surface area (Å²) in [6.45, 7) is -2.99. The summed E-state index contributed by atoms with van der Waals surface area (Å²) in [4.78, 5) is 49.6. The van der Waals surface area contributed by atoms with Gasteiger partial charge in [-0.05, 0) is 12.1 Å². The fraction of sp³-hybridized carbons (Fsp3) is 0.429. The molecule has 0 spiro atoms. The number of aliphatic hydroxyl groups excluding tert-OH is 2. The number of hydrogen-bond acceptors (Lipinski definition) is 9. The number of hydrogen-bond donors (Lipinski definition) is 2. The van der Waals surface area contributed by atoms with Crippen LogP contribution in [-0.4, -0.2) is 75.5 Å². The van der Waals surface area contributed by atoms with Gasteiger partial charge in [0, 0.05) is 17.8 Å². The fourth-order valence-corrected chi connectivity index (χ4v) is 3.37. The van der Waals surface area contributed by atoms with Gasteiger partial charge in [-0.3, -0.25) is 19.0 Å². The zero-order valence-electron chi connectivity index (χ0n) is 18.0. The van der Waals surface area contributed by atoms with Crippen LogP contribution in [0.5, 0.6) is 0 Å². The molecule has 11 nitrogen and oxygen atoms in total. The maximum atomic E-state index is 13.0. The van der Waals surface area contributed by atoms with Crippen molar-refractivity contribution in [1.29, 1.82) is 0 Å². The van der Waals surface area contributed by atoms with Crippen molar-refractivity contribution in [2.45, 2.75) is 37.1 Å².